The van der Waals surface area contributed by atoms with Gasteiger partial charge in [-0.2, -0.15) is 13.2 Å². The highest BCUT2D eigenvalue weighted by molar-refractivity contribution is 5.76. The van der Waals surface area contributed by atoms with Crippen molar-refractivity contribution in [2.75, 3.05) is 13.7 Å². The van der Waals surface area contributed by atoms with Gasteiger partial charge in [-0.1, -0.05) is 30.3 Å². The first-order chi connectivity index (χ1) is 14.7. The van der Waals surface area contributed by atoms with Crippen LogP contribution in [0.25, 0.3) is 0 Å². The van der Waals surface area contributed by atoms with Gasteiger partial charge in [0.2, 0.25) is 5.91 Å². The van der Waals surface area contributed by atoms with Crippen LogP contribution in [0.15, 0.2) is 42.5 Å². The smallest absolute Gasteiger partial charge is 0.422 e. The lowest BCUT2D eigenvalue weighted by atomic mass is 10.1. The number of carbonyl (C=O) groups excluding carboxylic acids is 1. The maximum absolute atomic E-state index is 12.3. The first-order valence-electron chi connectivity index (χ1n) is 9.99. The zero-order valence-electron chi connectivity index (χ0n) is 17.9. The minimum Gasteiger partial charge on any atom is -0.493 e. The number of rotatable bonds is 11. The molecule has 0 aliphatic carbocycles. The van der Waals surface area contributed by atoms with E-state index in [4.69, 9.17) is 14.2 Å². The molecule has 0 saturated carbocycles. The Labute approximate surface area is 180 Å². The Morgan fingerprint density at radius 1 is 1.06 bits per heavy atom. The van der Waals surface area contributed by atoms with E-state index in [0.717, 1.165) is 16.7 Å². The fraction of sp³-hybridized carbons (Fsp3) is 0.435. The number of alkyl halides is 3. The summed E-state index contributed by atoms with van der Waals surface area (Å²) in [6.45, 7) is 3.41. The fourth-order valence-corrected chi connectivity index (χ4v) is 2.81. The monoisotopic (exact) mass is 439 g/mol. The summed E-state index contributed by atoms with van der Waals surface area (Å²) in [4.78, 5) is 12.3. The molecule has 0 atom stereocenters. The molecule has 0 spiro atoms. The van der Waals surface area contributed by atoms with Crippen molar-refractivity contribution in [1.29, 1.82) is 0 Å². The van der Waals surface area contributed by atoms with Crippen molar-refractivity contribution >= 4 is 5.91 Å². The number of methoxy groups -OCH3 is 1. The molecule has 0 radical (unpaired) electrons. The van der Waals surface area contributed by atoms with Gasteiger partial charge in [0, 0.05) is 13.0 Å². The van der Waals surface area contributed by atoms with Crippen LogP contribution in [0.1, 0.15) is 37.0 Å². The van der Waals surface area contributed by atoms with Gasteiger partial charge in [-0.25, -0.2) is 0 Å². The molecule has 0 aliphatic rings. The molecule has 0 aromatic heterocycles. The van der Waals surface area contributed by atoms with E-state index in [1.165, 1.54) is 13.2 Å². The largest absolute Gasteiger partial charge is 0.493 e. The van der Waals surface area contributed by atoms with E-state index in [2.05, 4.69) is 5.32 Å². The van der Waals surface area contributed by atoms with E-state index < -0.39 is 12.8 Å². The van der Waals surface area contributed by atoms with E-state index >= 15 is 0 Å². The molecule has 2 aromatic carbocycles. The lowest BCUT2D eigenvalue weighted by Crippen LogP contribution is -2.23. The summed E-state index contributed by atoms with van der Waals surface area (Å²) in [5.74, 6) is 0.0745. The van der Waals surface area contributed by atoms with Crippen molar-refractivity contribution in [1.82, 2.24) is 5.32 Å². The summed E-state index contributed by atoms with van der Waals surface area (Å²) in [6.07, 6.45) is -3.66. The quantitative estimate of drug-likeness (QED) is 0.546. The van der Waals surface area contributed by atoms with Crippen LogP contribution in [0.2, 0.25) is 0 Å². The summed E-state index contributed by atoms with van der Waals surface area (Å²) < 4.78 is 52.6. The average molecular weight is 439 g/mol. The molecule has 0 bridgehead atoms. The highest BCUT2D eigenvalue weighted by Crippen LogP contribution is 2.30. The van der Waals surface area contributed by atoms with E-state index in [1.54, 1.807) is 12.1 Å². The third-order valence-electron chi connectivity index (χ3n) is 4.43. The molecule has 0 fully saturated rings. The summed E-state index contributed by atoms with van der Waals surface area (Å²) in [5, 5.41) is 2.90. The summed E-state index contributed by atoms with van der Waals surface area (Å²) in [7, 11) is 1.35. The van der Waals surface area contributed by atoms with Crippen LogP contribution in [0, 0.1) is 0 Å². The maximum atomic E-state index is 12.3. The number of nitrogens with one attached hydrogen (secondary N) is 1. The fourth-order valence-electron chi connectivity index (χ4n) is 2.81. The molecular weight excluding hydrogens is 411 g/mol. The Morgan fingerprint density at radius 2 is 1.77 bits per heavy atom. The van der Waals surface area contributed by atoms with Gasteiger partial charge in [0.1, 0.15) is 0 Å². The molecule has 31 heavy (non-hydrogen) atoms. The number of aryl methyl sites for hydroxylation is 1. The van der Waals surface area contributed by atoms with Crippen molar-refractivity contribution in [2.45, 2.75) is 52.1 Å². The Morgan fingerprint density at radius 3 is 2.42 bits per heavy atom. The minimum absolute atomic E-state index is 0.00764. The number of amides is 1. The van der Waals surface area contributed by atoms with Gasteiger partial charge in [-0.15, -0.1) is 0 Å². The van der Waals surface area contributed by atoms with E-state index in [1.807, 2.05) is 38.1 Å². The van der Waals surface area contributed by atoms with Gasteiger partial charge in [0.05, 0.1) is 19.8 Å². The second kappa shape index (κ2) is 11.6. The SMILES string of the molecule is COc1cc(CCC(=O)NCc2ccccc2COC(C)C)ccc1OCC(F)(F)F. The van der Waals surface area contributed by atoms with Crippen molar-refractivity contribution in [3.05, 3.63) is 59.2 Å². The molecule has 2 rings (SSSR count). The predicted molar refractivity (Wildman–Crippen MR) is 111 cm³/mol. The summed E-state index contributed by atoms with van der Waals surface area (Å²) in [6, 6.07) is 12.4. The van der Waals surface area contributed by atoms with E-state index in [-0.39, 0.29) is 29.9 Å². The maximum Gasteiger partial charge on any atom is 0.422 e. The third-order valence-corrected chi connectivity index (χ3v) is 4.43. The normalized spacial score (nSPS) is 11.5. The molecule has 0 heterocycles. The van der Waals surface area contributed by atoms with Crippen molar-refractivity contribution in [3.63, 3.8) is 0 Å². The Hall–Kier alpha value is -2.74. The molecule has 170 valence electrons. The molecule has 8 heteroatoms. The van der Waals surface area contributed by atoms with Gasteiger partial charge in [0.25, 0.3) is 0 Å². The van der Waals surface area contributed by atoms with Gasteiger partial charge >= 0.3 is 6.18 Å². The van der Waals surface area contributed by atoms with Crippen LogP contribution < -0.4 is 14.8 Å². The molecule has 1 N–H and O–H groups in total. The molecule has 1 amide bonds. The second-order valence-corrected chi connectivity index (χ2v) is 7.29. The number of ether oxygens (including phenoxy) is 3. The molecule has 0 aliphatic heterocycles. The van der Waals surface area contributed by atoms with Gasteiger partial charge in [-0.05, 0) is 49.1 Å². The van der Waals surface area contributed by atoms with Crippen LogP contribution >= 0.6 is 0 Å². The Bertz CT molecular complexity index is 853. The Kier molecular flexibility index (Phi) is 9.18. The lowest BCUT2D eigenvalue weighted by Gasteiger charge is -2.14. The number of hydrogen-bond donors (Lipinski definition) is 1. The number of hydrogen-bond acceptors (Lipinski definition) is 4. The van der Waals surface area contributed by atoms with Crippen molar-refractivity contribution in [3.8, 4) is 11.5 Å². The molecule has 0 saturated heterocycles. The van der Waals surface area contributed by atoms with Crippen LogP contribution in [0.3, 0.4) is 0 Å². The highest BCUT2D eigenvalue weighted by Gasteiger charge is 2.29. The van der Waals surface area contributed by atoms with Crippen LogP contribution in [-0.4, -0.2) is 31.9 Å². The molecule has 2 aromatic rings. The number of carbonyl (C=O) groups is 1. The molecule has 5 nitrogen and oxygen atoms in total. The van der Waals surface area contributed by atoms with Crippen LogP contribution in [0.4, 0.5) is 13.2 Å². The summed E-state index contributed by atoms with van der Waals surface area (Å²) >= 11 is 0. The standard InChI is InChI=1S/C23H28F3NO4/c1-16(2)30-14-19-7-5-4-6-18(19)13-27-22(28)11-9-17-8-10-20(21(12-17)29-3)31-15-23(24,25)26/h4-8,10,12,16H,9,11,13-15H2,1-3H3,(H,27,28). The summed E-state index contributed by atoms with van der Waals surface area (Å²) in [5.41, 5.74) is 2.78. The average Bonchev–Trinajstić information content (AvgIpc) is 2.73. The lowest BCUT2D eigenvalue weighted by molar-refractivity contribution is -0.153. The Balaban J connectivity index is 1.87. The number of benzene rings is 2. The highest BCUT2D eigenvalue weighted by atomic mass is 19.4. The zero-order chi connectivity index (χ0) is 22.9. The number of halogens is 3. The van der Waals surface area contributed by atoms with Gasteiger partial charge in [0.15, 0.2) is 18.1 Å². The van der Waals surface area contributed by atoms with E-state index in [0.29, 0.717) is 19.6 Å². The first kappa shape index (κ1) is 24.5. The molecular formula is C23H28F3NO4. The second-order valence-electron chi connectivity index (χ2n) is 7.29. The van der Waals surface area contributed by atoms with Crippen LogP contribution in [0.5, 0.6) is 11.5 Å². The van der Waals surface area contributed by atoms with Crippen LogP contribution in [-0.2, 0) is 29.1 Å². The topological polar surface area (TPSA) is 56.8 Å². The van der Waals surface area contributed by atoms with Gasteiger partial charge < -0.3 is 19.5 Å². The molecule has 0 unspecified atom stereocenters. The van der Waals surface area contributed by atoms with E-state index in [9.17, 15) is 18.0 Å². The minimum atomic E-state index is -4.43. The third kappa shape index (κ3) is 8.88. The zero-order valence-corrected chi connectivity index (χ0v) is 17.9. The van der Waals surface area contributed by atoms with Gasteiger partial charge in [-0.3, -0.25) is 4.79 Å². The predicted octanol–water partition coefficient (Wildman–Crippen LogP) is 4.81. The first-order valence-corrected chi connectivity index (χ1v) is 9.99. The van der Waals surface area contributed by atoms with Crippen molar-refractivity contribution < 1.29 is 32.2 Å². The van der Waals surface area contributed by atoms with Crippen molar-refractivity contribution in [2.24, 2.45) is 0 Å².